The Bertz CT molecular complexity index is 1560. The fourth-order valence-electron chi connectivity index (χ4n) is 5.09. The summed E-state index contributed by atoms with van der Waals surface area (Å²) in [6.07, 6.45) is 0.877. The molecule has 6 aromatic rings. The Morgan fingerprint density at radius 1 is 0.341 bits per heavy atom. The molecule has 0 spiro atoms. The Hall–Kier alpha value is -5.41. The lowest BCUT2D eigenvalue weighted by molar-refractivity contribution is 0.112. The van der Waals surface area contributed by atoms with Crippen LogP contribution in [0.4, 0.5) is 11.4 Å². The number of carbonyl (C=O) groups is 1. The fraction of sp³-hybridized carbons (Fsp3) is 0.0976. The highest BCUT2D eigenvalue weighted by molar-refractivity contribution is 5.75. The van der Waals surface area contributed by atoms with E-state index in [1.807, 2.05) is 36.4 Å². The Morgan fingerprint density at radius 2 is 0.614 bits per heavy atom. The van der Waals surface area contributed by atoms with Gasteiger partial charge in [0.2, 0.25) is 0 Å². The molecule has 0 aliphatic heterocycles. The quantitative estimate of drug-likeness (QED) is 0.144. The molecule has 0 heterocycles. The lowest BCUT2D eigenvalue weighted by atomic mass is 10.1. The molecule has 0 bridgehead atoms. The van der Waals surface area contributed by atoms with E-state index in [0.29, 0.717) is 5.56 Å². The second-order valence-corrected chi connectivity index (χ2v) is 10.7. The standard InChI is InChI=1S/C21H19NO.C20H19N/c23-17-20-11-13-21(14-12-20)22(15-18-7-3-1-4-8-18)16-19-9-5-2-6-10-19;1-4-10-18(11-5-1)16-21(20-14-8-3-9-15-20)17-19-12-6-2-7-13-19/h1-14,17H,15-16H2;1-15H,16-17H2. The van der Waals surface area contributed by atoms with Crippen LogP contribution in [0.15, 0.2) is 176 Å². The van der Waals surface area contributed by atoms with Gasteiger partial charge >= 0.3 is 0 Å². The third-order valence-corrected chi connectivity index (χ3v) is 7.38. The van der Waals surface area contributed by atoms with Crippen molar-refractivity contribution >= 4 is 17.7 Å². The van der Waals surface area contributed by atoms with Crippen LogP contribution in [0, 0.1) is 0 Å². The van der Waals surface area contributed by atoms with Gasteiger partial charge in [0.05, 0.1) is 0 Å². The maximum atomic E-state index is 10.9. The second kappa shape index (κ2) is 16.3. The topological polar surface area (TPSA) is 23.6 Å². The SMILES string of the molecule is O=Cc1ccc(N(Cc2ccccc2)Cc2ccccc2)cc1.c1ccc(CN(Cc2ccccc2)c2ccccc2)cc1. The molecule has 3 heteroatoms. The molecule has 3 nitrogen and oxygen atoms in total. The molecule has 6 rings (SSSR count). The average Bonchev–Trinajstić information content (AvgIpc) is 3.10. The molecule has 0 saturated carbocycles. The number of anilines is 2. The predicted octanol–water partition coefficient (Wildman–Crippen LogP) is 9.60. The summed E-state index contributed by atoms with van der Waals surface area (Å²) >= 11 is 0. The van der Waals surface area contributed by atoms with Crippen LogP contribution in [-0.4, -0.2) is 6.29 Å². The average molecular weight is 575 g/mol. The van der Waals surface area contributed by atoms with Crippen LogP contribution in [0.3, 0.4) is 0 Å². The van der Waals surface area contributed by atoms with Gasteiger partial charge in [-0.25, -0.2) is 0 Å². The summed E-state index contributed by atoms with van der Waals surface area (Å²) < 4.78 is 0. The van der Waals surface area contributed by atoms with E-state index >= 15 is 0 Å². The number of para-hydroxylation sites is 1. The summed E-state index contributed by atoms with van der Waals surface area (Å²) in [5.74, 6) is 0. The zero-order chi connectivity index (χ0) is 30.2. The summed E-state index contributed by atoms with van der Waals surface area (Å²) in [7, 11) is 0. The molecule has 44 heavy (non-hydrogen) atoms. The van der Waals surface area contributed by atoms with E-state index in [2.05, 4.69) is 149 Å². The van der Waals surface area contributed by atoms with Crippen LogP contribution in [0.2, 0.25) is 0 Å². The van der Waals surface area contributed by atoms with Crippen molar-refractivity contribution in [3.63, 3.8) is 0 Å². The molecular formula is C41H38N2O. The summed E-state index contributed by atoms with van der Waals surface area (Å²) in [5.41, 5.74) is 8.27. The van der Waals surface area contributed by atoms with Crippen molar-refractivity contribution in [3.05, 3.63) is 204 Å². The van der Waals surface area contributed by atoms with Crippen molar-refractivity contribution in [2.45, 2.75) is 26.2 Å². The van der Waals surface area contributed by atoms with Crippen molar-refractivity contribution in [2.75, 3.05) is 9.80 Å². The monoisotopic (exact) mass is 574 g/mol. The van der Waals surface area contributed by atoms with Crippen LogP contribution < -0.4 is 9.80 Å². The molecule has 0 atom stereocenters. The highest BCUT2D eigenvalue weighted by Gasteiger charge is 2.09. The molecule has 0 saturated heterocycles. The number of carbonyl (C=O) groups excluding carboxylic acids is 1. The van der Waals surface area contributed by atoms with Crippen molar-refractivity contribution < 1.29 is 4.79 Å². The van der Waals surface area contributed by atoms with E-state index in [9.17, 15) is 4.79 Å². The molecule has 0 aromatic heterocycles. The summed E-state index contributed by atoms with van der Waals surface area (Å²) in [6, 6.07) is 60.4. The number of benzene rings is 6. The Labute approximate surface area is 261 Å². The van der Waals surface area contributed by atoms with E-state index < -0.39 is 0 Å². The first-order valence-electron chi connectivity index (χ1n) is 15.0. The van der Waals surface area contributed by atoms with E-state index in [1.165, 1.54) is 27.9 Å². The summed E-state index contributed by atoms with van der Waals surface area (Å²) in [4.78, 5) is 15.6. The number of hydrogen-bond acceptors (Lipinski definition) is 3. The minimum atomic E-state index is 0.702. The van der Waals surface area contributed by atoms with Gasteiger partial charge in [0.1, 0.15) is 6.29 Å². The van der Waals surface area contributed by atoms with Gasteiger partial charge in [-0.1, -0.05) is 140 Å². The van der Waals surface area contributed by atoms with Crippen molar-refractivity contribution in [1.82, 2.24) is 0 Å². The molecule has 0 unspecified atom stereocenters. The van der Waals surface area contributed by atoms with E-state index in [4.69, 9.17) is 0 Å². The lowest BCUT2D eigenvalue weighted by Crippen LogP contribution is -2.22. The molecular weight excluding hydrogens is 536 g/mol. The van der Waals surface area contributed by atoms with Gasteiger partial charge in [-0.3, -0.25) is 4.79 Å². The summed E-state index contributed by atoms with van der Waals surface area (Å²) in [6.45, 7) is 3.49. The Morgan fingerprint density at radius 3 is 0.909 bits per heavy atom. The van der Waals surface area contributed by atoms with Crippen molar-refractivity contribution in [2.24, 2.45) is 0 Å². The van der Waals surface area contributed by atoms with E-state index in [0.717, 1.165) is 38.2 Å². The molecule has 0 aliphatic rings. The molecule has 0 fully saturated rings. The van der Waals surface area contributed by atoms with Crippen LogP contribution in [0.5, 0.6) is 0 Å². The highest BCUT2D eigenvalue weighted by Crippen LogP contribution is 2.22. The smallest absolute Gasteiger partial charge is 0.150 e. The van der Waals surface area contributed by atoms with Gasteiger partial charge in [-0.15, -0.1) is 0 Å². The zero-order valence-corrected chi connectivity index (χ0v) is 25.0. The van der Waals surface area contributed by atoms with Gasteiger partial charge in [0.25, 0.3) is 0 Å². The van der Waals surface area contributed by atoms with E-state index in [-0.39, 0.29) is 0 Å². The molecule has 0 amide bonds. The molecule has 0 radical (unpaired) electrons. The van der Waals surface area contributed by atoms with Gasteiger partial charge in [0, 0.05) is 43.1 Å². The maximum Gasteiger partial charge on any atom is 0.150 e. The first-order chi connectivity index (χ1) is 21.8. The lowest BCUT2D eigenvalue weighted by Gasteiger charge is -2.25. The Kier molecular flexibility index (Phi) is 11.1. The van der Waals surface area contributed by atoms with Crippen molar-refractivity contribution in [1.29, 1.82) is 0 Å². The van der Waals surface area contributed by atoms with Gasteiger partial charge in [0.15, 0.2) is 0 Å². The fourth-order valence-corrected chi connectivity index (χ4v) is 5.09. The predicted molar refractivity (Wildman–Crippen MR) is 184 cm³/mol. The van der Waals surface area contributed by atoms with Gasteiger partial charge in [-0.2, -0.15) is 0 Å². The number of aldehydes is 1. The third kappa shape index (κ3) is 9.30. The van der Waals surface area contributed by atoms with Crippen molar-refractivity contribution in [3.8, 4) is 0 Å². The van der Waals surface area contributed by atoms with E-state index in [1.54, 1.807) is 0 Å². The number of hydrogen-bond donors (Lipinski definition) is 0. The molecule has 218 valence electrons. The summed E-state index contributed by atoms with van der Waals surface area (Å²) in [5, 5.41) is 0. The largest absolute Gasteiger partial charge is 0.363 e. The zero-order valence-electron chi connectivity index (χ0n) is 25.0. The van der Waals surface area contributed by atoms with Crippen LogP contribution in [-0.2, 0) is 26.2 Å². The first kappa shape index (κ1) is 30.1. The minimum Gasteiger partial charge on any atom is -0.363 e. The number of nitrogens with zero attached hydrogens (tertiary/aromatic N) is 2. The van der Waals surface area contributed by atoms with Gasteiger partial charge < -0.3 is 9.80 Å². The maximum absolute atomic E-state index is 10.9. The normalized spacial score (nSPS) is 10.3. The highest BCUT2D eigenvalue weighted by atomic mass is 16.1. The molecule has 6 aromatic carbocycles. The van der Waals surface area contributed by atoms with Crippen LogP contribution in [0.25, 0.3) is 0 Å². The Balaban J connectivity index is 0.000000175. The van der Waals surface area contributed by atoms with Crippen LogP contribution in [0.1, 0.15) is 32.6 Å². The second-order valence-electron chi connectivity index (χ2n) is 10.7. The first-order valence-corrected chi connectivity index (χ1v) is 15.0. The minimum absolute atomic E-state index is 0.702. The molecule has 0 N–H and O–H groups in total. The molecule has 0 aliphatic carbocycles. The van der Waals surface area contributed by atoms with Gasteiger partial charge in [-0.05, 0) is 58.7 Å². The third-order valence-electron chi connectivity index (χ3n) is 7.38. The van der Waals surface area contributed by atoms with Crippen LogP contribution >= 0.6 is 0 Å². The number of rotatable bonds is 11.